The molecule has 1 unspecified atom stereocenters. The van der Waals surface area contributed by atoms with E-state index in [2.05, 4.69) is 10.1 Å². The molecule has 0 bridgehead atoms. The fourth-order valence-corrected chi connectivity index (χ4v) is 0.894. The highest BCUT2D eigenvalue weighted by atomic mass is 19.1. The summed E-state index contributed by atoms with van der Waals surface area (Å²) in [5.41, 5.74) is 0. The lowest BCUT2D eigenvalue weighted by molar-refractivity contribution is 0.171. The van der Waals surface area contributed by atoms with Crippen molar-refractivity contribution in [3.8, 4) is 5.75 Å². The summed E-state index contributed by atoms with van der Waals surface area (Å²) in [5.74, 6) is -0.745. The minimum absolute atomic E-state index is 0.0628. The van der Waals surface area contributed by atoms with Crippen LogP contribution in [0.4, 0.5) is 9.18 Å². The number of ether oxygens (including phenoxy) is 1. The summed E-state index contributed by atoms with van der Waals surface area (Å²) < 4.78 is 17.7. The van der Waals surface area contributed by atoms with Crippen LogP contribution in [-0.4, -0.2) is 23.8 Å². The first kappa shape index (κ1) is 11.5. The van der Waals surface area contributed by atoms with E-state index in [1.54, 1.807) is 6.07 Å². The molecule has 0 aliphatic heterocycles. The smallest absolute Gasteiger partial charge is 0.407 e. The number of hydrogen-bond donors (Lipinski definition) is 2. The largest absolute Gasteiger partial charge is 0.412 e. The normalized spacial score (nSPS) is 11.9. The van der Waals surface area contributed by atoms with Crippen molar-refractivity contribution in [2.45, 2.75) is 13.0 Å². The van der Waals surface area contributed by atoms with E-state index in [-0.39, 0.29) is 12.3 Å². The van der Waals surface area contributed by atoms with Gasteiger partial charge in [-0.2, -0.15) is 0 Å². The molecule has 0 radical (unpaired) electrons. The number of nitrogens with one attached hydrogen (secondary N) is 1. The van der Waals surface area contributed by atoms with Crippen molar-refractivity contribution < 1.29 is 19.0 Å². The Bertz CT molecular complexity index is 341. The number of hydrogen-bond acceptors (Lipinski definition) is 3. The number of para-hydroxylation sites is 1. The number of aliphatic hydroxyl groups is 1. The number of carbonyl (C=O) groups excluding carboxylic acids is 1. The average Bonchev–Trinajstić information content (AvgIpc) is 2.18. The third-order valence-electron chi connectivity index (χ3n) is 1.58. The van der Waals surface area contributed by atoms with Crippen molar-refractivity contribution in [1.29, 1.82) is 0 Å². The molecule has 0 aromatic heterocycles. The SMILES string of the molecule is CC(O)CNC(=O)Oc1ccccc1F. The highest BCUT2D eigenvalue weighted by molar-refractivity contribution is 5.70. The molecule has 0 aliphatic carbocycles. The molecule has 1 aromatic rings. The van der Waals surface area contributed by atoms with Crippen LogP contribution in [0, 0.1) is 5.82 Å². The van der Waals surface area contributed by atoms with Crippen LogP contribution in [0.1, 0.15) is 6.92 Å². The van der Waals surface area contributed by atoms with Gasteiger partial charge in [-0.25, -0.2) is 9.18 Å². The van der Waals surface area contributed by atoms with Crippen molar-refractivity contribution in [2.75, 3.05) is 6.54 Å². The van der Waals surface area contributed by atoms with Gasteiger partial charge in [-0.15, -0.1) is 0 Å². The lowest BCUT2D eigenvalue weighted by atomic mass is 10.3. The molecule has 0 saturated heterocycles. The second kappa shape index (κ2) is 5.31. The van der Waals surface area contributed by atoms with Crippen molar-refractivity contribution in [2.24, 2.45) is 0 Å². The van der Waals surface area contributed by atoms with Gasteiger partial charge in [0, 0.05) is 6.54 Å². The number of halogens is 1. The van der Waals surface area contributed by atoms with Crippen LogP contribution < -0.4 is 10.1 Å². The molecule has 1 atom stereocenters. The number of amides is 1. The Labute approximate surface area is 86.7 Å². The zero-order valence-corrected chi connectivity index (χ0v) is 8.24. The molecule has 1 amide bonds. The first-order valence-corrected chi connectivity index (χ1v) is 4.48. The summed E-state index contributed by atoms with van der Waals surface area (Å²) in [7, 11) is 0. The Hall–Kier alpha value is -1.62. The molecule has 5 heteroatoms. The van der Waals surface area contributed by atoms with Gasteiger partial charge in [-0.3, -0.25) is 0 Å². The van der Waals surface area contributed by atoms with Crippen molar-refractivity contribution in [1.82, 2.24) is 5.32 Å². The minimum Gasteiger partial charge on any atom is -0.407 e. The van der Waals surface area contributed by atoms with Gasteiger partial charge in [0.2, 0.25) is 0 Å². The highest BCUT2D eigenvalue weighted by Gasteiger charge is 2.08. The lowest BCUT2D eigenvalue weighted by Gasteiger charge is -2.08. The molecule has 0 saturated carbocycles. The van der Waals surface area contributed by atoms with Crippen LogP contribution in [0.2, 0.25) is 0 Å². The number of aliphatic hydroxyl groups excluding tert-OH is 1. The first-order chi connectivity index (χ1) is 7.09. The molecular weight excluding hydrogens is 201 g/mol. The fraction of sp³-hybridized carbons (Fsp3) is 0.300. The molecule has 1 aromatic carbocycles. The van der Waals surface area contributed by atoms with Gasteiger partial charge in [0.05, 0.1) is 6.10 Å². The van der Waals surface area contributed by atoms with Crippen molar-refractivity contribution >= 4 is 6.09 Å². The van der Waals surface area contributed by atoms with Gasteiger partial charge >= 0.3 is 6.09 Å². The standard InChI is InChI=1S/C10H12FNO3/c1-7(13)6-12-10(14)15-9-5-3-2-4-8(9)11/h2-5,7,13H,6H2,1H3,(H,12,14). The molecule has 2 N–H and O–H groups in total. The zero-order chi connectivity index (χ0) is 11.3. The number of carbonyl (C=O) groups is 1. The minimum atomic E-state index is -0.791. The molecule has 0 spiro atoms. The predicted molar refractivity (Wildman–Crippen MR) is 52.1 cm³/mol. The molecule has 0 heterocycles. The fourth-order valence-electron chi connectivity index (χ4n) is 0.894. The van der Waals surface area contributed by atoms with Crippen LogP contribution in [0.3, 0.4) is 0 Å². The predicted octanol–water partition coefficient (Wildman–Crippen LogP) is 1.29. The van der Waals surface area contributed by atoms with E-state index in [0.29, 0.717) is 0 Å². The van der Waals surface area contributed by atoms with E-state index in [4.69, 9.17) is 5.11 Å². The second-order valence-corrected chi connectivity index (χ2v) is 3.05. The maximum atomic E-state index is 13.0. The third-order valence-corrected chi connectivity index (χ3v) is 1.58. The maximum Gasteiger partial charge on any atom is 0.412 e. The van der Waals surface area contributed by atoms with E-state index in [0.717, 1.165) is 0 Å². The molecule has 1 rings (SSSR count). The van der Waals surface area contributed by atoms with Gasteiger partial charge in [-0.05, 0) is 19.1 Å². The van der Waals surface area contributed by atoms with Gasteiger partial charge < -0.3 is 15.2 Å². The number of rotatable bonds is 3. The van der Waals surface area contributed by atoms with Gasteiger partial charge in [0.25, 0.3) is 0 Å². The molecule has 0 aliphatic rings. The quantitative estimate of drug-likeness (QED) is 0.795. The molecule has 4 nitrogen and oxygen atoms in total. The van der Waals surface area contributed by atoms with Crippen LogP contribution in [0.5, 0.6) is 5.75 Å². The Kier molecular flexibility index (Phi) is 4.05. The first-order valence-electron chi connectivity index (χ1n) is 4.48. The third kappa shape index (κ3) is 3.95. The molecule has 82 valence electrons. The maximum absolute atomic E-state index is 13.0. The van der Waals surface area contributed by atoms with Gasteiger partial charge in [0.1, 0.15) is 0 Å². The van der Waals surface area contributed by atoms with E-state index in [1.165, 1.54) is 25.1 Å². The van der Waals surface area contributed by atoms with E-state index >= 15 is 0 Å². The Morgan fingerprint density at radius 2 is 2.27 bits per heavy atom. The van der Waals surface area contributed by atoms with Gasteiger partial charge in [-0.1, -0.05) is 12.1 Å². The molecule has 15 heavy (non-hydrogen) atoms. The Morgan fingerprint density at radius 3 is 2.87 bits per heavy atom. The molecular formula is C10H12FNO3. The van der Waals surface area contributed by atoms with Crippen LogP contribution >= 0.6 is 0 Å². The topological polar surface area (TPSA) is 58.6 Å². The summed E-state index contributed by atoms with van der Waals surface area (Å²) in [6.07, 6.45) is -1.46. The summed E-state index contributed by atoms with van der Waals surface area (Å²) >= 11 is 0. The summed E-state index contributed by atoms with van der Waals surface area (Å²) in [4.78, 5) is 11.1. The monoisotopic (exact) mass is 213 g/mol. The summed E-state index contributed by atoms with van der Waals surface area (Å²) in [6.45, 7) is 1.58. The average molecular weight is 213 g/mol. The number of benzene rings is 1. The van der Waals surface area contributed by atoms with Crippen molar-refractivity contribution in [3.05, 3.63) is 30.1 Å². The van der Waals surface area contributed by atoms with Crippen molar-refractivity contribution in [3.63, 3.8) is 0 Å². The summed E-state index contributed by atoms with van der Waals surface area (Å²) in [5, 5.41) is 11.2. The highest BCUT2D eigenvalue weighted by Crippen LogP contribution is 2.15. The van der Waals surface area contributed by atoms with Crippen LogP contribution in [0.25, 0.3) is 0 Å². The summed E-state index contributed by atoms with van der Waals surface area (Å²) in [6, 6.07) is 5.59. The van der Waals surface area contributed by atoms with Gasteiger partial charge in [0.15, 0.2) is 11.6 Å². The van der Waals surface area contributed by atoms with E-state index in [1.807, 2.05) is 0 Å². The van der Waals surface area contributed by atoms with E-state index < -0.39 is 18.0 Å². The second-order valence-electron chi connectivity index (χ2n) is 3.05. The van der Waals surface area contributed by atoms with E-state index in [9.17, 15) is 9.18 Å². The van der Waals surface area contributed by atoms with Crippen LogP contribution in [-0.2, 0) is 0 Å². The Balaban J connectivity index is 2.48. The Morgan fingerprint density at radius 1 is 1.60 bits per heavy atom. The van der Waals surface area contributed by atoms with Crippen LogP contribution in [0.15, 0.2) is 24.3 Å². The zero-order valence-electron chi connectivity index (χ0n) is 8.24. The molecule has 0 fully saturated rings. The lowest BCUT2D eigenvalue weighted by Crippen LogP contribution is -2.32.